The molecule has 0 spiro atoms. The number of piperazine rings is 1. The van der Waals surface area contributed by atoms with Gasteiger partial charge in [0.15, 0.2) is 11.5 Å². The van der Waals surface area contributed by atoms with Crippen LogP contribution in [-0.2, 0) is 9.59 Å². The van der Waals surface area contributed by atoms with Gasteiger partial charge >= 0.3 is 6.09 Å². The van der Waals surface area contributed by atoms with E-state index in [2.05, 4.69) is 20.5 Å². The Balaban J connectivity index is 1.12. The van der Waals surface area contributed by atoms with Gasteiger partial charge in [-0.2, -0.15) is 0 Å². The predicted molar refractivity (Wildman–Crippen MR) is 165 cm³/mol. The molecular weight excluding hydrogens is 581 g/mol. The van der Waals surface area contributed by atoms with Crippen LogP contribution in [0.3, 0.4) is 0 Å². The minimum Gasteiger partial charge on any atom is -0.493 e. The van der Waals surface area contributed by atoms with Crippen molar-refractivity contribution in [2.75, 3.05) is 51.0 Å². The molecule has 0 atom stereocenters. The Labute approximate surface area is 258 Å². The van der Waals surface area contributed by atoms with Crippen LogP contribution in [-0.4, -0.2) is 73.0 Å². The van der Waals surface area contributed by atoms with Gasteiger partial charge in [-0.25, -0.2) is 9.18 Å². The maximum Gasteiger partial charge on any atom is 0.415 e. The number of anilines is 2. The van der Waals surface area contributed by atoms with Gasteiger partial charge in [-0.1, -0.05) is 0 Å². The third kappa shape index (κ3) is 6.50. The fourth-order valence-electron chi connectivity index (χ4n) is 5.05. The Bertz CT molecular complexity index is 1740. The molecule has 3 amide bonds. The molecule has 2 fully saturated rings. The van der Waals surface area contributed by atoms with Gasteiger partial charge in [0.25, 0.3) is 0 Å². The number of pyridine rings is 1. The molecule has 2 heterocycles. The number of fused-ring (bicyclic) bond motifs is 1. The third-order valence-electron chi connectivity index (χ3n) is 8.01. The zero-order chi connectivity index (χ0) is 31.6. The van der Waals surface area contributed by atoms with Gasteiger partial charge < -0.3 is 34.6 Å². The number of carbonyl (C=O) groups excluding carboxylic acids is 3. The largest absolute Gasteiger partial charge is 0.493 e. The maximum absolute atomic E-state index is 13.2. The summed E-state index contributed by atoms with van der Waals surface area (Å²) in [5.74, 6) is 0.374. The number of hydrogen-bond acceptors (Lipinski definition) is 8. The number of nitrogens with zero attached hydrogens (tertiary/aromatic N) is 3. The molecule has 0 radical (unpaired) electrons. The summed E-state index contributed by atoms with van der Waals surface area (Å²) in [5.41, 5.74) is 0.301. The van der Waals surface area contributed by atoms with Gasteiger partial charge in [0, 0.05) is 55.2 Å². The van der Waals surface area contributed by atoms with Crippen LogP contribution in [0.2, 0.25) is 0 Å². The topological polar surface area (TPSA) is 122 Å². The molecule has 1 saturated carbocycles. The predicted octanol–water partition coefficient (Wildman–Crippen LogP) is 5.28. The van der Waals surface area contributed by atoms with Crippen LogP contribution in [0.5, 0.6) is 23.0 Å². The molecule has 2 aliphatic rings. The molecule has 3 aromatic carbocycles. The second-order valence-electron chi connectivity index (χ2n) is 11.1. The molecule has 1 aliphatic carbocycles. The quantitative estimate of drug-likeness (QED) is 0.258. The normalized spacial score (nSPS) is 15.7. The van der Waals surface area contributed by atoms with Crippen LogP contribution in [0.25, 0.3) is 10.9 Å². The summed E-state index contributed by atoms with van der Waals surface area (Å²) in [7, 11) is 3.51. The number of carbonyl (C=O) groups is 3. The molecule has 1 saturated heterocycles. The number of nitrogens with one attached hydrogen (secondary N) is 2. The number of hydrogen-bond donors (Lipinski definition) is 2. The SMILES string of the molecule is COc1cc2c(Oc3ccc(NC(=O)C4(C(=O)Nc5ccc(F)cc5)CC4)cc3)ccnc2cc1OC(=O)N1CCN(C)CC1. The van der Waals surface area contributed by atoms with E-state index >= 15 is 0 Å². The van der Waals surface area contributed by atoms with E-state index in [9.17, 15) is 18.8 Å². The molecule has 12 heteroatoms. The number of benzene rings is 3. The molecule has 0 bridgehead atoms. The summed E-state index contributed by atoms with van der Waals surface area (Å²) >= 11 is 0. The molecular formula is C33H32FN5O6. The Hall–Kier alpha value is -5.23. The second-order valence-corrected chi connectivity index (χ2v) is 11.1. The van der Waals surface area contributed by atoms with Gasteiger partial charge in [0.2, 0.25) is 11.8 Å². The maximum atomic E-state index is 13.2. The lowest BCUT2D eigenvalue weighted by Crippen LogP contribution is -2.48. The minimum absolute atomic E-state index is 0.262. The first-order valence-corrected chi connectivity index (χ1v) is 14.5. The van der Waals surface area contributed by atoms with E-state index in [-0.39, 0.29) is 5.75 Å². The van der Waals surface area contributed by atoms with Crippen LogP contribution >= 0.6 is 0 Å². The molecule has 4 aromatic rings. The lowest BCUT2D eigenvalue weighted by atomic mass is 10.0. The van der Waals surface area contributed by atoms with E-state index in [1.165, 1.54) is 31.4 Å². The average Bonchev–Trinajstić information content (AvgIpc) is 3.86. The van der Waals surface area contributed by atoms with Crippen molar-refractivity contribution < 1.29 is 33.0 Å². The number of ether oxygens (including phenoxy) is 3. The molecule has 1 aliphatic heterocycles. The Morgan fingerprint density at radius 1 is 0.822 bits per heavy atom. The Kier molecular flexibility index (Phi) is 8.22. The highest BCUT2D eigenvalue weighted by molar-refractivity contribution is 6.16. The average molecular weight is 614 g/mol. The molecule has 2 N–H and O–H groups in total. The Morgan fingerprint density at radius 3 is 2.04 bits per heavy atom. The molecule has 232 valence electrons. The van der Waals surface area contributed by atoms with Gasteiger partial charge in [-0.3, -0.25) is 14.6 Å². The molecule has 45 heavy (non-hydrogen) atoms. The van der Waals surface area contributed by atoms with Crippen molar-refractivity contribution >= 4 is 40.2 Å². The van der Waals surface area contributed by atoms with E-state index in [0.717, 1.165) is 13.1 Å². The number of methoxy groups -OCH3 is 1. The van der Waals surface area contributed by atoms with Crippen LogP contribution in [0, 0.1) is 11.2 Å². The lowest BCUT2D eigenvalue weighted by molar-refractivity contribution is -0.131. The first-order chi connectivity index (χ1) is 21.7. The zero-order valence-corrected chi connectivity index (χ0v) is 24.8. The summed E-state index contributed by atoms with van der Waals surface area (Å²) in [6.07, 6.45) is 1.99. The Morgan fingerprint density at radius 2 is 1.44 bits per heavy atom. The van der Waals surface area contributed by atoms with Gasteiger partial charge in [-0.05, 0) is 80.6 Å². The molecule has 11 nitrogen and oxygen atoms in total. The first-order valence-electron chi connectivity index (χ1n) is 14.5. The van der Waals surface area contributed by atoms with Crippen LogP contribution in [0.1, 0.15) is 12.8 Å². The van der Waals surface area contributed by atoms with E-state index in [1.54, 1.807) is 53.6 Å². The molecule has 6 rings (SSSR count). The smallest absolute Gasteiger partial charge is 0.415 e. The van der Waals surface area contributed by atoms with Crippen molar-refractivity contribution in [1.82, 2.24) is 14.8 Å². The van der Waals surface area contributed by atoms with Crippen molar-refractivity contribution in [2.45, 2.75) is 12.8 Å². The first kappa shape index (κ1) is 29.8. The fraction of sp³-hybridized carbons (Fsp3) is 0.273. The third-order valence-corrected chi connectivity index (χ3v) is 8.01. The monoisotopic (exact) mass is 613 g/mol. The highest BCUT2D eigenvalue weighted by Gasteiger charge is 2.56. The standard InChI is InChI=1S/C33H32FN5O6/c1-38-15-17-39(18-16-38)32(42)45-29-20-26-25(19-28(29)43-2)27(11-14-35-26)44-24-9-7-23(8-10-24)37-31(41)33(12-13-33)30(40)36-22-5-3-21(34)4-6-22/h3-11,14,19-20H,12-13,15-18H2,1-2H3,(H,36,40)(H,37,41). The highest BCUT2D eigenvalue weighted by atomic mass is 19.1. The number of amides is 3. The highest BCUT2D eigenvalue weighted by Crippen LogP contribution is 2.47. The molecule has 1 aromatic heterocycles. The van der Waals surface area contributed by atoms with Crippen molar-refractivity contribution in [3.63, 3.8) is 0 Å². The van der Waals surface area contributed by atoms with E-state index in [0.29, 0.717) is 65.5 Å². The van der Waals surface area contributed by atoms with Crippen LogP contribution < -0.4 is 24.8 Å². The zero-order valence-electron chi connectivity index (χ0n) is 24.8. The summed E-state index contributed by atoms with van der Waals surface area (Å²) in [6.45, 7) is 2.71. The summed E-state index contributed by atoms with van der Waals surface area (Å²) < 4.78 is 30.6. The summed E-state index contributed by atoms with van der Waals surface area (Å²) in [4.78, 5) is 46.9. The number of halogens is 1. The van der Waals surface area contributed by atoms with Gasteiger partial charge in [0.1, 0.15) is 22.7 Å². The second kappa shape index (κ2) is 12.4. The van der Waals surface area contributed by atoms with Crippen molar-refractivity contribution in [3.8, 4) is 23.0 Å². The van der Waals surface area contributed by atoms with Crippen molar-refractivity contribution in [3.05, 3.63) is 78.7 Å². The lowest BCUT2D eigenvalue weighted by Gasteiger charge is -2.31. The van der Waals surface area contributed by atoms with Crippen LogP contribution in [0.4, 0.5) is 20.6 Å². The minimum atomic E-state index is -1.17. The van der Waals surface area contributed by atoms with Crippen molar-refractivity contribution in [1.29, 1.82) is 0 Å². The summed E-state index contributed by atoms with van der Waals surface area (Å²) in [5, 5.41) is 6.16. The number of rotatable bonds is 8. The van der Waals surface area contributed by atoms with Crippen LogP contribution in [0.15, 0.2) is 72.9 Å². The number of likely N-dealkylation sites (N-methyl/N-ethyl adjacent to an activating group) is 1. The van der Waals surface area contributed by atoms with Gasteiger partial charge in [0.05, 0.1) is 12.6 Å². The number of aromatic nitrogens is 1. The summed E-state index contributed by atoms with van der Waals surface area (Å²) in [6, 6.07) is 17.2. The molecule has 0 unspecified atom stereocenters. The van der Waals surface area contributed by atoms with E-state index in [4.69, 9.17) is 14.2 Å². The fourth-order valence-corrected chi connectivity index (χ4v) is 5.05. The van der Waals surface area contributed by atoms with Gasteiger partial charge in [-0.15, -0.1) is 0 Å². The van der Waals surface area contributed by atoms with E-state index < -0.39 is 29.1 Å². The van der Waals surface area contributed by atoms with E-state index in [1.807, 2.05) is 7.05 Å². The van der Waals surface area contributed by atoms with Crippen molar-refractivity contribution in [2.24, 2.45) is 5.41 Å².